The number of aromatic nitrogens is 6. The highest BCUT2D eigenvalue weighted by Gasteiger charge is 2.35. The molecule has 0 radical (unpaired) electrons. The second-order valence-corrected chi connectivity index (χ2v) is 10.4. The van der Waals surface area contributed by atoms with Gasteiger partial charge in [-0.2, -0.15) is 0 Å². The lowest BCUT2D eigenvalue weighted by Gasteiger charge is -2.25. The van der Waals surface area contributed by atoms with Crippen molar-refractivity contribution in [2.24, 2.45) is 0 Å². The van der Waals surface area contributed by atoms with Gasteiger partial charge in [0.25, 0.3) is 0 Å². The van der Waals surface area contributed by atoms with Crippen molar-refractivity contribution in [3.63, 3.8) is 0 Å². The van der Waals surface area contributed by atoms with Gasteiger partial charge in [0.2, 0.25) is 16.0 Å². The number of hydrogen-bond acceptors (Lipinski definition) is 9. The Morgan fingerprint density at radius 1 is 1.12 bits per heavy atom. The molecule has 0 aromatic carbocycles. The zero-order chi connectivity index (χ0) is 24.9. The number of anilines is 1. The summed E-state index contributed by atoms with van der Waals surface area (Å²) in [5, 5.41) is 7.58. The second kappa shape index (κ2) is 11.2. The first kappa shape index (κ1) is 25.9. The van der Waals surface area contributed by atoms with Crippen LogP contribution in [0.2, 0.25) is 5.02 Å². The molecule has 34 heavy (non-hydrogen) atoms. The van der Waals surface area contributed by atoms with Crippen LogP contribution in [0.4, 0.5) is 5.95 Å². The van der Waals surface area contributed by atoms with Crippen LogP contribution in [0.1, 0.15) is 38.3 Å². The van der Waals surface area contributed by atoms with Crippen molar-refractivity contribution in [2.45, 2.75) is 51.7 Å². The first-order chi connectivity index (χ1) is 16.1. The van der Waals surface area contributed by atoms with Crippen LogP contribution in [0, 0.1) is 6.92 Å². The number of methoxy groups -OCH3 is 1. The van der Waals surface area contributed by atoms with E-state index in [-0.39, 0.29) is 17.9 Å². The average Bonchev–Trinajstić information content (AvgIpc) is 3.17. The van der Waals surface area contributed by atoms with Crippen molar-refractivity contribution in [3.8, 4) is 11.4 Å². The lowest BCUT2D eigenvalue weighted by Crippen LogP contribution is -2.35. The Morgan fingerprint density at radius 3 is 2.44 bits per heavy atom. The van der Waals surface area contributed by atoms with Gasteiger partial charge in [0.05, 0.1) is 24.3 Å². The summed E-state index contributed by atoms with van der Waals surface area (Å²) in [5.41, 5.74) is 1.64. The molecule has 11 nitrogen and oxygen atoms in total. The summed E-state index contributed by atoms with van der Waals surface area (Å²) in [5.74, 6) is 0.735. The molecule has 2 unspecified atom stereocenters. The minimum absolute atomic E-state index is 0.0562. The van der Waals surface area contributed by atoms with E-state index in [9.17, 15) is 8.42 Å². The van der Waals surface area contributed by atoms with Gasteiger partial charge < -0.3 is 9.47 Å². The van der Waals surface area contributed by atoms with Crippen molar-refractivity contribution < 1.29 is 17.9 Å². The van der Waals surface area contributed by atoms with Crippen LogP contribution < -0.4 is 4.72 Å². The van der Waals surface area contributed by atoms with E-state index in [1.807, 2.05) is 13.0 Å². The molecule has 184 valence electrons. The standard InChI is InChI=1S/C21H28ClN7O4S/c1-13(2)33-18(19-24-11-17(22)12-25-19)15(4)34(30,31)28-21-27-26-20(29(21)6-7-32-5)16-8-14(3)9-23-10-16/h8-13,15,18H,6-7H2,1-5H3,(H,27,28). The second-order valence-electron chi connectivity index (χ2n) is 7.96. The van der Waals surface area contributed by atoms with E-state index in [2.05, 4.69) is 29.9 Å². The van der Waals surface area contributed by atoms with Gasteiger partial charge in [0.1, 0.15) is 11.4 Å². The molecule has 0 bridgehead atoms. The third-order valence-corrected chi connectivity index (χ3v) is 6.75. The first-order valence-electron chi connectivity index (χ1n) is 10.6. The number of hydrogen-bond donors (Lipinski definition) is 1. The predicted molar refractivity (Wildman–Crippen MR) is 128 cm³/mol. The highest BCUT2D eigenvalue weighted by Crippen LogP contribution is 2.28. The van der Waals surface area contributed by atoms with Crippen molar-refractivity contribution in [3.05, 3.63) is 47.3 Å². The lowest BCUT2D eigenvalue weighted by atomic mass is 10.2. The van der Waals surface area contributed by atoms with Crippen LogP contribution in [0.3, 0.4) is 0 Å². The Labute approximate surface area is 204 Å². The molecule has 0 aliphatic heterocycles. The van der Waals surface area contributed by atoms with Gasteiger partial charge in [0, 0.05) is 37.5 Å². The molecule has 0 fully saturated rings. The van der Waals surface area contributed by atoms with Crippen LogP contribution in [-0.2, 0) is 26.0 Å². The molecule has 0 spiro atoms. The minimum atomic E-state index is -4.01. The molecule has 2 atom stereocenters. The number of ether oxygens (including phenoxy) is 2. The number of pyridine rings is 1. The van der Waals surface area contributed by atoms with Crippen molar-refractivity contribution in [2.75, 3.05) is 18.4 Å². The molecule has 3 heterocycles. The summed E-state index contributed by atoms with van der Waals surface area (Å²) in [4.78, 5) is 12.5. The maximum atomic E-state index is 13.4. The maximum Gasteiger partial charge on any atom is 0.240 e. The van der Waals surface area contributed by atoms with Gasteiger partial charge >= 0.3 is 0 Å². The largest absolute Gasteiger partial charge is 0.383 e. The van der Waals surface area contributed by atoms with Gasteiger partial charge in [-0.15, -0.1) is 10.2 Å². The number of nitrogens with one attached hydrogen (secondary N) is 1. The van der Waals surface area contributed by atoms with E-state index in [1.165, 1.54) is 19.3 Å². The molecule has 0 aliphatic carbocycles. The number of aryl methyl sites for hydroxylation is 1. The Kier molecular flexibility index (Phi) is 8.52. The van der Waals surface area contributed by atoms with Crippen LogP contribution in [0.5, 0.6) is 0 Å². The van der Waals surface area contributed by atoms with E-state index < -0.39 is 21.4 Å². The number of halogens is 1. The number of rotatable bonds is 11. The SMILES string of the molecule is COCCn1c(NS(=O)(=O)C(C)C(OC(C)C)c2ncc(Cl)cn2)nnc1-c1cncc(C)c1. The van der Waals surface area contributed by atoms with E-state index in [1.54, 1.807) is 37.9 Å². The van der Waals surface area contributed by atoms with E-state index in [0.717, 1.165) is 5.56 Å². The van der Waals surface area contributed by atoms with Crippen molar-refractivity contribution in [1.82, 2.24) is 29.7 Å². The normalized spacial score (nSPS) is 13.7. The first-order valence-corrected chi connectivity index (χ1v) is 12.5. The van der Waals surface area contributed by atoms with E-state index in [0.29, 0.717) is 29.6 Å². The molecular weight excluding hydrogens is 482 g/mol. The van der Waals surface area contributed by atoms with Crippen LogP contribution in [0.25, 0.3) is 11.4 Å². The third kappa shape index (κ3) is 6.26. The summed E-state index contributed by atoms with van der Waals surface area (Å²) in [6.07, 6.45) is 4.95. The molecule has 3 rings (SSSR count). The average molecular weight is 510 g/mol. The summed E-state index contributed by atoms with van der Waals surface area (Å²) in [6, 6.07) is 1.89. The Bertz CT molecular complexity index is 1200. The van der Waals surface area contributed by atoms with E-state index >= 15 is 0 Å². The van der Waals surface area contributed by atoms with Gasteiger partial charge in [-0.25, -0.2) is 18.4 Å². The van der Waals surface area contributed by atoms with Crippen molar-refractivity contribution in [1.29, 1.82) is 0 Å². The fourth-order valence-electron chi connectivity index (χ4n) is 3.19. The molecular formula is C21H28ClN7O4S. The van der Waals surface area contributed by atoms with Gasteiger partial charge in [0.15, 0.2) is 11.6 Å². The van der Waals surface area contributed by atoms with Gasteiger partial charge in [-0.05, 0) is 39.3 Å². The van der Waals surface area contributed by atoms with Gasteiger partial charge in [-0.1, -0.05) is 11.6 Å². The highest BCUT2D eigenvalue weighted by molar-refractivity contribution is 7.93. The molecule has 3 aromatic rings. The fraction of sp³-hybridized carbons (Fsp3) is 0.476. The third-order valence-electron chi connectivity index (χ3n) is 4.87. The highest BCUT2D eigenvalue weighted by atomic mass is 35.5. The lowest BCUT2D eigenvalue weighted by molar-refractivity contribution is 0.00154. The Balaban J connectivity index is 1.95. The predicted octanol–water partition coefficient (Wildman–Crippen LogP) is 3.03. The number of nitrogens with zero attached hydrogens (tertiary/aromatic N) is 6. The minimum Gasteiger partial charge on any atom is -0.383 e. The van der Waals surface area contributed by atoms with E-state index in [4.69, 9.17) is 21.1 Å². The zero-order valence-corrected chi connectivity index (χ0v) is 21.2. The molecule has 0 amide bonds. The molecule has 13 heteroatoms. The van der Waals surface area contributed by atoms with Crippen LogP contribution in [-0.4, -0.2) is 63.2 Å². The summed E-state index contributed by atoms with van der Waals surface area (Å²) in [6.45, 7) is 7.69. The summed E-state index contributed by atoms with van der Waals surface area (Å²) < 4.78 is 42.1. The summed E-state index contributed by atoms with van der Waals surface area (Å²) in [7, 11) is -2.45. The maximum absolute atomic E-state index is 13.4. The Hall–Kier alpha value is -2.67. The van der Waals surface area contributed by atoms with Crippen LogP contribution >= 0.6 is 11.6 Å². The quantitative estimate of drug-likeness (QED) is 0.413. The number of sulfonamides is 1. The smallest absolute Gasteiger partial charge is 0.240 e. The Morgan fingerprint density at radius 2 is 1.82 bits per heavy atom. The topological polar surface area (TPSA) is 134 Å². The fourth-order valence-corrected chi connectivity index (χ4v) is 4.39. The van der Waals surface area contributed by atoms with Crippen LogP contribution in [0.15, 0.2) is 30.9 Å². The molecule has 0 saturated carbocycles. The molecule has 0 saturated heterocycles. The molecule has 3 aromatic heterocycles. The molecule has 1 N–H and O–H groups in total. The monoisotopic (exact) mass is 509 g/mol. The van der Waals surface area contributed by atoms with Gasteiger partial charge in [-0.3, -0.25) is 14.3 Å². The molecule has 0 aliphatic rings. The summed E-state index contributed by atoms with van der Waals surface area (Å²) >= 11 is 5.89. The zero-order valence-electron chi connectivity index (χ0n) is 19.6. The van der Waals surface area contributed by atoms with Crippen molar-refractivity contribution >= 4 is 27.6 Å².